The topological polar surface area (TPSA) is 83.1 Å². The molecule has 3 rings (SSSR count). The molecule has 1 saturated heterocycles. The molecule has 0 spiro atoms. The lowest BCUT2D eigenvalue weighted by molar-refractivity contribution is -0.120. The maximum absolute atomic E-state index is 12.4. The summed E-state index contributed by atoms with van der Waals surface area (Å²) in [6.07, 6.45) is 1.64. The van der Waals surface area contributed by atoms with Gasteiger partial charge >= 0.3 is 0 Å². The number of amides is 2. The Kier molecular flexibility index (Phi) is 6.73. The fourth-order valence-electron chi connectivity index (χ4n) is 3.00. The molecule has 1 aromatic carbocycles. The number of hydrogen-bond acceptors (Lipinski definition) is 4. The van der Waals surface area contributed by atoms with Crippen molar-refractivity contribution < 1.29 is 9.59 Å². The maximum atomic E-state index is 12.4. The molecule has 1 aliphatic heterocycles. The molecular weight excluding hydrogens is 340 g/mol. The first-order chi connectivity index (χ1) is 11.7. The Bertz CT molecular complexity index is 760. The summed E-state index contributed by atoms with van der Waals surface area (Å²) in [5.41, 5.74) is 1.23. The van der Waals surface area contributed by atoms with Crippen molar-refractivity contribution in [2.75, 3.05) is 25.0 Å². The van der Waals surface area contributed by atoms with Crippen LogP contribution in [-0.4, -0.2) is 36.4 Å². The molecule has 3 N–H and O–H groups in total. The Balaban J connectivity index is 0.00000225. The van der Waals surface area contributed by atoms with Crippen molar-refractivity contribution >= 4 is 40.9 Å². The minimum atomic E-state index is -0.159. The molecule has 2 heterocycles. The summed E-state index contributed by atoms with van der Waals surface area (Å²) in [5.74, 6) is 0.237. The van der Waals surface area contributed by atoms with Crippen molar-refractivity contribution in [1.82, 2.24) is 15.6 Å². The summed E-state index contributed by atoms with van der Waals surface area (Å²) in [6.45, 7) is 4.13. The van der Waals surface area contributed by atoms with E-state index in [1.165, 1.54) is 0 Å². The number of carbonyl (C=O) groups is 2. The van der Waals surface area contributed by atoms with Gasteiger partial charge in [-0.3, -0.25) is 9.59 Å². The van der Waals surface area contributed by atoms with Crippen molar-refractivity contribution in [2.45, 2.75) is 19.8 Å². The van der Waals surface area contributed by atoms with Gasteiger partial charge in [0.15, 0.2) is 0 Å². The first kappa shape index (κ1) is 19.1. The Morgan fingerprint density at radius 2 is 1.96 bits per heavy atom. The second-order valence-corrected chi connectivity index (χ2v) is 5.95. The zero-order chi connectivity index (χ0) is 16.9. The van der Waals surface area contributed by atoms with Crippen LogP contribution in [0.1, 0.15) is 30.1 Å². The highest BCUT2D eigenvalue weighted by atomic mass is 35.5. The van der Waals surface area contributed by atoms with Crippen LogP contribution in [0.4, 0.5) is 5.82 Å². The molecule has 1 aliphatic rings. The predicted molar refractivity (Wildman–Crippen MR) is 101 cm³/mol. The number of fused-ring (bicyclic) bond motifs is 1. The second-order valence-electron chi connectivity index (χ2n) is 5.95. The fraction of sp³-hybridized carbons (Fsp3) is 0.389. The average molecular weight is 363 g/mol. The van der Waals surface area contributed by atoms with Gasteiger partial charge < -0.3 is 16.0 Å². The SMILES string of the molecule is CCNC(=O)c1cc(NC(=O)C2CCNCC2)nc2ccccc12.Cl. The van der Waals surface area contributed by atoms with Gasteiger partial charge in [0.25, 0.3) is 5.91 Å². The van der Waals surface area contributed by atoms with E-state index < -0.39 is 0 Å². The summed E-state index contributed by atoms with van der Waals surface area (Å²) >= 11 is 0. The highest BCUT2D eigenvalue weighted by Gasteiger charge is 2.22. The molecule has 0 atom stereocenters. The van der Waals surface area contributed by atoms with Crippen LogP contribution in [-0.2, 0) is 4.79 Å². The third kappa shape index (κ3) is 4.46. The van der Waals surface area contributed by atoms with Crippen LogP contribution >= 0.6 is 12.4 Å². The quantitative estimate of drug-likeness (QED) is 0.779. The van der Waals surface area contributed by atoms with E-state index >= 15 is 0 Å². The standard InChI is InChI=1S/C18H22N4O2.ClH/c1-2-20-18(24)14-11-16(21-15-6-4-3-5-13(14)15)22-17(23)12-7-9-19-10-8-12;/h3-6,11-12,19H,2,7-10H2,1H3,(H,20,24)(H,21,22,23);1H. The van der Waals surface area contributed by atoms with Crippen molar-refractivity contribution in [3.05, 3.63) is 35.9 Å². The number of carbonyl (C=O) groups excluding carboxylic acids is 2. The Labute approximate surface area is 153 Å². The Hall–Kier alpha value is -2.18. The molecular formula is C18H23ClN4O2. The molecule has 1 aromatic heterocycles. The van der Waals surface area contributed by atoms with E-state index in [2.05, 4.69) is 20.9 Å². The summed E-state index contributed by atoms with van der Waals surface area (Å²) in [4.78, 5) is 29.3. The number of nitrogens with zero attached hydrogens (tertiary/aromatic N) is 1. The van der Waals surface area contributed by atoms with E-state index in [0.29, 0.717) is 23.4 Å². The van der Waals surface area contributed by atoms with Gasteiger partial charge in [0, 0.05) is 17.8 Å². The zero-order valence-electron chi connectivity index (χ0n) is 14.2. The number of anilines is 1. The Morgan fingerprint density at radius 1 is 1.24 bits per heavy atom. The van der Waals surface area contributed by atoms with Gasteiger partial charge in [-0.25, -0.2) is 4.98 Å². The summed E-state index contributed by atoms with van der Waals surface area (Å²) in [6, 6.07) is 9.12. The number of pyridine rings is 1. The van der Waals surface area contributed by atoms with Crippen LogP contribution in [0.15, 0.2) is 30.3 Å². The van der Waals surface area contributed by atoms with Crippen molar-refractivity contribution in [2.24, 2.45) is 5.92 Å². The number of halogens is 1. The van der Waals surface area contributed by atoms with E-state index in [0.717, 1.165) is 31.3 Å². The third-order valence-electron chi connectivity index (χ3n) is 4.26. The molecule has 1 fully saturated rings. The molecule has 7 heteroatoms. The number of para-hydroxylation sites is 1. The normalized spacial score (nSPS) is 14.6. The van der Waals surface area contributed by atoms with E-state index in [-0.39, 0.29) is 30.1 Å². The van der Waals surface area contributed by atoms with Crippen LogP contribution in [0, 0.1) is 5.92 Å². The van der Waals surface area contributed by atoms with Crippen LogP contribution in [0.3, 0.4) is 0 Å². The van der Waals surface area contributed by atoms with Crippen molar-refractivity contribution in [3.63, 3.8) is 0 Å². The summed E-state index contributed by atoms with van der Waals surface area (Å²) in [5, 5.41) is 9.72. The molecule has 2 aromatic rings. The first-order valence-electron chi connectivity index (χ1n) is 8.38. The van der Waals surface area contributed by atoms with Gasteiger partial charge in [-0.1, -0.05) is 18.2 Å². The molecule has 0 radical (unpaired) electrons. The van der Waals surface area contributed by atoms with Gasteiger partial charge in [0.2, 0.25) is 5.91 Å². The minimum Gasteiger partial charge on any atom is -0.352 e. The third-order valence-corrected chi connectivity index (χ3v) is 4.26. The number of hydrogen-bond donors (Lipinski definition) is 3. The van der Waals surface area contributed by atoms with Gasteiger partial charge in [-0.05, 0) is 45.0 Å². The molecule has 0 unspecified atom stereocenters. The molecule has 0 saturated carbocycles. The van der Waals surface area contributed by atoms with Crippen LogP contribution in [0.25, 0.3) is 10.9 Å². The average Bonchev–Trinajstić information content (AvgIpc) is 2.62. The van der Waals surface area contributed by atoms with E-state index in [1.807, 2.05) is 31.2 Å². The lowest BCUT2D eigenvalue weighted by Gasteiger charge is -2.21. The summed E-state index contributed by atoms with van der Waals surface area (Å²) < 4.78 is 0. The number of rotatable bonds is 4. The van der Waals surface area contributed by atoms with Gasteiger partial charge in [-0.15, -0.1) is 12.4 Å². The van der Waals surface area contributed by atoms with E-state index in [1.54, 1.807) is 6.07 Å². The molecule has 25 heavy (non-hydrogen) atoms. The molecule has 134 valence electrons. The fourth-order valence-corrected chi connectivity index (χ4v) is 3.00. The zero-order valence-corrected chi connectivity index (χ0v) is 15.0. The van der Waals surface area contributed by atoms with Crippen LogP contribution in [0.5, 0.6) is 0 Å². The minimum absolute atomic E-state index is 0. The van der Waals surface area contributed by atoms with Crippen molar-refractivity contribution in [1.29, 1.82) is 0 Å². The molecule has 0 aliphatic carbocycles. The molecule has 0 bridgehead atoms. The number of aromatic nitrogens is 1. The second kappa shape index (κ2) is 8.78. The lowest BCUT2D eigenvalue weighted by Crippen LogP contribution is -2.34. The highest BCUT2D eigenvalue weighted by Crippen LogP contribution is 2.22. The van der Waals surface area contributed by atoms with Crippen LogP contribution in [0.2, 0.25) is 0 Å². The molecule has 6 nitrogen and oxygen atoms in total. The smallest absolute Gasteiger partial charge is 0.252 e. The highest BCUT2D eigenvalue weighted by molar-refractivity contribution is 6.07. The number of benzene rings is 1. The number of nitrogens with one attached hydrogen (secondary N) is 3. The predicted octanol–water partition coefficient (Wildman–Crippen LogP) is 2.34. The van der Waals surface area contributed by atoms with E-state index in [4.69, 9.17) is 0 Å². The van der Waals surface area contributed by atoms with Crippen molar-refractivity contribution in [3.8, 4) is 0 Å². The largest absolute Gasteiger partial charge is 0.352 e. The Morgan fingerprint density at radius 3 is 2.68 bits per heavy atom. The first-order valence-corrected chi connectivity index (χ1v) is 8.38. The monoisotopic (exact) mass is 362 g/mol. The number of piperidine rings is 1. The van der Waals surface area contributed by atoms with Crippen LogP contribution < -0.4 is 16.0 Å². The van der Waals surface area contributed by atoms with Gasteiger partial charge in [0.05, 0.1) is 11.1 Å². The molecule has 2 amide bonds. The maximum Gasteiger partial charge on any atom is 0.252 e. The van der Waals surface area contributed by atoms with Gasteiger partial charge in [-0.2, -0.15) is 0 Å². The van der Waals surface area contributed by atoms with Gasteiger partial charge in [0.1, 0.15) is 5.82 Å². The van der Waals surface area contributed by atoms with E-state index in [9.17, 15) is 9.59 Å². The lowest BCUT2D eigenvalue weighted by atomic mass is 9.97. The summed E-state index contributed by atoms with van der Waals surface area (Å²) in [7, 11) is 0.